The zero-order valence-electron chi connectivity index (χ0n) is 17.1. The van der Waals surface area contributed by atoms with Crippen molar-refractivity contribution in [3.05, 3.63) is 75.3 Å². The Morgan fingerprint density at radius 3 is 2.73 bits per heavy atom. The van der Waals surface area contributed by atoms with E-state index in [9.17, 15) is 4.79 Å². The highest BCUT2D eigenvalue weighted by molar-refractivity contribution is 5.49. The predicted molar refractivity (Wildman–Crippen MR) is 107 cm³/mol. The van der Waals surface area contributed by atoms with Crippen molar-refractivity contribution in [2.75, 3.05) is 6.61 Å². The number of benzene rings is 1. The summed E-state index contributed by atoms with van der Waals surface area (Å²) in [7, 11) is 0. The summed E-state index contributed by atoms with van der Waals surface area (Å²) in [6, 6.07) is 8.37. The number of hydrogen-bond acceptors (Lipinski definition) is 7. The van der Waals surface area contributed by atoms with Gasteiger partial charge in [-0.2, -0.15) is 10.1 Å². The summed E-state index contributed by atoms with van der Waals surface area (Å²) in [6.45, 7) is 6.38. The predicted octanol–water partition coefficient (Wildman–Crippen LogP) is 2.49. The Labute approximate surface area is 172 Å². The smallest absolute Gasteiger partial charge is 0.280 e. The van der Waals surface area contributed by atoms with Crippen LogP contribution in [0.15, 0.2) is 39.9 Å². The van der Waals surface area contributed by atoms with Gasteiger partial charge in [-0.3, -0.25) is 9.36 Å². The van der Waals surface area contributed by atoms with Crippen LogP contribution in [0.3, 0.4) is 0 Å². The first-order valence-electron chi connectivity index (χ1n) is 9.91. The van der Waals surface area contributed by atoms with Gasteiger partial charge in [-0.1, -0.05) is 35.0 Å². The standard InChI is InChI=1S/C21H22N6O3/c1-12-4-6-15(7-5-12)17-8-16(10-29-17)20-24-18(30-25-20)9-26-11-22-27-14(3)23-13(2)19(27)21(26)28/h4-7,11,16-17H,8-10H2,1-3H3/t16-,17+/m0/s1. The molecule has 0 N–H and O–H groups in total. The van der Waals surface area contributed by atoms with E-state index in [2.05, 4.69) is 51.4 Å². The minimum atomic E-state index is -0.188. The van der Waals surface area contributed by atoms with E-state index in [1.54, 1.807) is 11.4 Å². The SMILES string of the molecule is Cc1ccc([C@H]2C[C@H](c3noc(Cn4cnn5c(C)nc(C)c5c4=O)n3)CO2)cc1. The molecule has 9 heteroatoms. The zero-order chi connectivity index (χ0) is 20.8. The van der Waals surface area contributed by atoms with Crippen molar-refractivity contribution in [2.45, 2.75) is 45.8 Å². The van der Waals surface area contributed by atoms with Gasteiger partial charge in [-0.25, -0.2) is 9.50 Å². The highest BCUT2D eigenvalue weighted by atomic mass is 16.5. The van der Waals surface area contributed by atoms with Crippen LogP contribution in [-0.2, 0) is 11.3 Å². The molecule has 5 rings (SSSR count). The molecule has 30 heavy (non-hydrogen) atoms. The molecule has 0 aliphatic carbocycles. The first-order chi connectivity index (χ1) is 14.5. The summed E-state index contributed by atoms with van der Waals surface area (Å²) in [6.07, 6.45) is 2.29. The molecule has 4 heterocycles. The van der Waals surface area contributed by atoms with Crippen LogP contribution in [-0.4, -0.2) is 35.9 Å². The third-order valence-corrected chi connectivity index (χ3v) is 5.56. The number of nitrogens with zero attached hydrogens (tertiary/aromatic N) is 6. The van der Waals surface area contributed by atoms with Crippen molar-refractivity contribution < 1.29 is 9.26 Å². The largest absolute Gasteiger partial charge is 0.373 e. The molecule has 3 aromatic heterocycles. The van der Waals surface area contributed by atoms with Crippen molar-refractivity contribution in [1.29, 1.82) is 0 Å². The van der Waals surface area contributed by atoms with Crippen molar-refractivity contribution in [3.63, 3.8) is 0 Å². The van der Waals surface area contributed by atoms with Crippen LogP contribution in [0.1, 0.15) is 52.8 Å². The van der Waals surface area contributed by atoms with Gasteiger partial charge >= 0.3 is 0 Å². The van der Waals surface area contributed by atoms with Gasteiger partial charge < -0.3 is 9.26 Å². The normalized spacial score (nSPS) is 19.0. The molecule has 9 nitrogen and oxygen atoms in total. The first kappa shape index (κ1) is 18.7. The second-order valence-electron chi connectivity index (χ2n) is 7.78. The van der Waals surface area contributed by atoms with Crippen LogP contribution in [0.5, 0.6) is 0 Å². The maximum absolute atomic E-state index is 12.8. The molecule has 1 fully saturated rings. The van der Waals surface area contributed by atoms with Crippen LogP contribution >= 0.6 is 0 Å². The van der Waals surface area contributed by atoms with E-state index in [0.29, 0.717) is 35.4 Å². The van der Waals surface area contributed by atoms with E-state index in [1.165, 1.54) is 16.5 Å². The van der Waals surface area contributed by atoms with Crippen molar-refractivity contribution in [3.8, 4) is 0 Å². The van der Waals surface area contributed by atoms with E-state index in [-0.39, 0.29) is 24.1 Å². The minimum Gasteiger partial charge on any atom is -0.373 e. The van der Waals surface area contributed by atoms with Gasteiger partial charge in [0.2, 0.25) is 5.89 Å². The van der Waals surface area contributed by atoms with Gasteiger partial charge in [0, 0.05) is 5.92 Å². The Morgan fingerprint density at radius 2 is 1.93 bits per heavy atom. The van der Waals surface area contributed by atoms with Crippen LogP contribution in [0.25, 0.3) is 5.52 Å². The lowest BCUT2D eigenvalue weighted by molar-refractivity contribution is 0.110. The van der Waals surface area contributed by atoms with E-state index < -0.39 is 0 Å². The second-order valence-corrected chi connectivity index (χ2v) is 7.78. The Balaban J connectivity index is 1.33. The topological polar surface area (TPSA) is 100 Å². The van der Waals surface area contributed by atoms with Gasteiger partial charge in [0.15, 0.2) is 11.3 Å². The minimum absolute atomic E-state index is 0.0276. The fourth-order valence-corrected chi connectivity index (χ4v) is 3.92. The number of imidazole rings is 1. The summed E-state index contributed by atoms with van der Waals surface area (Å²) < 4.78 is 14.4. The van der Waals surface area contributed by atoms with E-state index in [4.69, 9.17) is 9.26 Å². The molecule has 0 unspecified atom stereocenters. The lowest BCUT2D eigenvalue weighted by Gasteiger charge is -2.09. The summed E-state index contributed by atoms with van der Waals surface area (Å²) >= 11 is 0. The quantitative estimate of drug-likeness (QED) is 0.513. The summed E-state index contributed by atoms with van der Waals surface area (Å²) in [4.78, 5) is 21.6. The van der Waals surface area contributed by atoms with Crippen LogP contribution < -0.4 is 5.56 Å². The van der Waals surface area contributed by atoms with E-state index in [1.807, 2.05) is 6.92 Å². The lowest BCUT2D eigenvalue weighted by atomic mass is 9.99. The highest BCUT2D eigenvalue weighted by Crippen LogP contribution is 2.37. The Morgan fingerprint density at radius 1 is 1.13 bits per heavy atom. The van der Waals surface area contributed by atoms with Gasteiger partial charge in [0.25, 0.3) is 5.56 Å². The second kappa shape index (κ2) is 7.17. The maximum atomic E-state index is 12.8. The third kappa shape index (κ3) is 3.21. The molecule has 0 radical (unpaired) electrons. The molecule has 0 spiro atoms. The number of fused-ring (bicyclic) bond motifs is 1. The fraction of sp³-hybridized carbons (Fsp3) is 0.381. The molecular formula is C21H22N6O3. The van der Waals surface area contributed by atoms with Gasteiger partial charge in [0.05, 0.1) is 18.4 Å². The molecule has 0 bridgehead atoms. The number of ether oxygens (including phenoxy) is 1. The number of rotatable bonds is 4. The maximum Gasteiger partial charge on any atom is 0.280 e. The molecule has 4 aromatic rings. The van der Waals surface area contributed by atoms with E-state index >= 15 is 0 Å². The molecule has 1 aliphatic heterocycles. The first-order valence-corrected chi connectivity index (χ1v) is 9.91. The molecule has 1 aromatic carbocycles. The lowest BCUT2D eigenvalue weighted by Crippen LogP contribution is -2.24. The summed E-state index contributed by atoms with van der Waals surface area (Å²) in [5.41, 5.74) is 3.30. The molecule has 0 amide bonds. The van der Waals surface area contributed by atoms with Crippen molar-refractivity contribution >= 4 is 5.52 Å². The summed E-state index contributed by atoms with van der Waals surface area (Å²) in [5, 5.41) is 8.43. The monoisotopic (exact) mass is 406 g/mol. The average Bonchev–Trinajstić information content (AvgIpc) is 3.44. The Hall–Kier alpha value is -3.33. The summed E-state index contributed by atoms with van der Waals surface area (Å²) in [5.74, 6) is 1.71. The van der Waals surface area contributed by atoms with Crippen LogP contribution in [0, 0.1) is 20.8 Å². The highest BCUT2D eigenvalue weighted by Gasteiger charge is 2.31. The molecule has 1 aliphatic rings. The number of aryl methyl sites for hydroxylation is 3. The fourth-order valence-electron chi connectivity index (χ4n) is 3.92. The number of hydrogen-bond donors (Lipinski definition) is 0. The molecule has 1 saturated heterocycles. The zero-order valence-corrected chi connectivity index (χ0v) is 17.1. The Kier molecular flexibility index (Phi) is 4.47. The van der Waals surface area contributed by atoms with Gasteiger partial charge in [0.1, 0.15) is 18.7 Å². The molecular weight excluding hydrogens is 384 g/mol. The number of aromatic nitrogens is 6. The van der Waals surface area contributed by atoms with Gasteiger partial charge in [-0.05, 0) is 32.8 Å². The van der Waals surface area contributed by atoms with Crippen molar-refractivity contribution in [1.82, 2.24) is 29.3 Å². The third-order valence-electron chi connectivity index (χ3n) is 5.56. The van der Waals surface area contributed by atoms with Crippen LogP contribution in [0.2, 0.25) is 0 Å². The van der Waals surface area contributed by atoms with Crippen molar-refractivity contribution in [2.24, 2.45) is 0 Å². The van der Waals surface area contributed by atoms with E-state index in [0.717, 1.165) is 12.0 Å². The molecule has 154 valence electrons. The average molecular weight is 406 g/mol. The molecule has 0 saturated carbocycles. The van der Waals surface area contributed by atoms with Crippen LogP contribution in [0.4, 0.5) is 0 Å². The Bertz CT molecular complexity index is 1270. The molecule has 2 atom stereocenters. The van der Waals surface area contributed by atoms with Gasteiger partial charge in [-0.15, -0.1) is 0 Å².